The quantitative estimate of drug-likeness (QED) is 0.730. The van der Waals surface area contributed by atoms with Crippen molar-refractivity contribution in [2.45, 2.75) is 64.8 Å². The van der Waals surface area contributed by atoms with Gasteiger partial charge in [-0.3, -0.25) is 0 Å². The molecule has 0 bridgehead atoms. The average molecular weight is 186 g/mol. The van der Waals surface area contributed by atoms with Gasteiger partial charge >= 0.3 is 0 Å². The van der Waals surface area contributed by atoms with E-state index in [1.165, 1.54) is 12.8 Å². The SMILES string of the molecule is CCC(CC1CCC(C)O1)C(C)O. The molecule has 0 spiro atoms. The van der Waals surface area contributed by atoms with E-state index in [2.05, 4.69) is 13.8 Å². The van der Waals surface area contributed by atoms with Gasteiger partial charge in [0.1, 0.15) is 0 Å². The van der Waals surface area contributed by atoms with E-state index < -0.39 is 0 Å². The van der Waals surface area contributed by atoms with Gasteiger partial charge in [-0.1, -0.05) is 13.3 Å². The first-order valence-electron chi connectivity index (χ1n) is 5.47. The van der Waals surface area contributed by atoms with Crippen molar-refractivity contribution in [1.82, 2.24) is 0 Å². The van der Waals surface area contributed by atoms with Gasteiger partial charge in [-0.05, 0) is 39.0 Å². The second-order valence-electron chi connectivity index (χ2n) is 4.29. The van der Waals surface area contributed by atoms with Crippen LogP contribution in [0.15, 0.2) is 0 Å². The van der Waals surface area contributed by atoms with E-state index in [4.69, 9.17) is 4.74 Å². The van der Waals surface area contributed by atoms with Crippen LogP contribution in [0.3, 0.4) is 0 Å². The standard InChI is InChI=1S/C11H22O2/c1-4-10(9(3)12)7-11-6-5-8(2)13-11/h8-12H,4-7H2,1-3H3. The van der Waals surface area contributed by atoms with Crippen LogP contribution in [0.5, 0.6) is 0 Å². The maximum absolute atomic E-state index is 9.48. The van der Waals surface area contributed by atoms with Gasteiger partial charge in [-0.2, -0.15) is 0 Å². The highest BCUT2D eigenvalue weighted by atomic mass is 16.5. The fourth-order valence-corrected chi connectivity index (χ4v) is 2.10. The van der Waals surface area contributed by atoms with Gasteiger partial charge in [0.25, 0.3) is 0 Å². The van der Waals surface area contributed by atoms with E-state index in [0.717, 1.165) is 12.8 Å². The lowest BCUT2D eigenvalue weighted by atomic mass is 9.93. The largest absolute Gasteiger partial charge is 0.393 e. The van der Waals surface area contributed by atoms with E-state index in [1.807, 2.05) is 6.92 Å². The van der Waals surface area contributed by atoms with Crippen LogP contribution in [0.1, 0.15) is 46.5 Å². The van der Waals surface area contributed by atoms with E-state index >= 15 is 0 Å². The van der Waals surface area contributed by atoms with Crippen LogP contribution in [0.4, 0.5) is 0 Å². The number of hydrogen-bond acceptors (Lipinski definition) is 2. The fraction of sp³-hybridized carbons (Fsp3) is 1.00. The molecule has 1 saturated heterocycles. The first-order chi connectivity index (χ1) is 6.13. The number of ether oxygens (including phenoxy) is 1. The lowest BCUT2D eigenvalue weighted by Gasteiger charge is -2.21. The van der Waals surface area contributed by atoms with Gasteiger partial charge in [-0.15, -0.1) is 0 Å². The van der Waals surface area contributed by atoms with Crippen molar-refractivity contribution in [2.24, 2.45) is 5.92 Å². The Morgan fingerprint density at radius 1 is 1.46 bits per heavy atom. The molecular formula is C11H22O2. The first kappa shape index (κ1) is 11.0. The molecule has 1 N–H and O–H groups in total. The molecule has 0 aromatic carbocycles. The molecule has 0 aliphatic carbocycles. The zero-order valence-electron chi connectivity index (χ0n) is 8.99. The zero-order valence-corrected chi connectivity index (χ0v) is 8.99. The van der Waals surface area contributed by atoms with Crippen molar-refractivity contribution in [3.63, 3.8) is 0 Å². The van der Waals surface area contributed by atoms with Crippen molar-refractivity contribution in [3.05, 3.63) is 0 Å². The van der Waals surface area contributed by atoms with Crippen molar-refractivity contribution in [1.29, 1.82) is 0 Å². The van der Waals surface area contributed by atoms with Gasteiger partial charge in [0, 0.05) is 0 Å². The summed E-state index contributed by atoms with van der Waals surface area (Å²) in [7, 11) is 0. The summed E-state index contributed by atoms with van der Waals surface area (Å²) in [6.45, 7) is 6.14. The Labute approximate surface area is 81.3 Å². The lowest BCUT2D eigenvalue weighted by Crippen LogP contribution is -2.22. The minimum Gasteiger partial charge on any atom is -0.393 e. The van der Waals surface area contributed by atoms with Crippen LogP contribution in [-0.2, 0) is 4.74 Å². The summed E-state index contributed by atoms with van der Waals surface area (Å²) in [6, 6.07) is 0. The highest BCUT2D eigenvalue weighted by molar-refractivity contribution is 4.75. The molecule has 1 fully saturated rings. The van der Waals surface area contributed by atoms with Crippen LogP contribution in [-0.4, -0.2) is 23.4 Å². The Hall–Kier alpha value is -0.0800. The lowest BCUT2D eigenvalue weighted by molar-refractivity contribution is 0.0192. The first-order valence-corrected chi connectivity index (χ1v) is 5.47. The Morgan fingerprint density at radius 3 is 2.54 bits per heavy atom. The van der Waals surface area contributed by atoms with Crippen molar-refractivity contribution < 1.29 is 9.84 Å². The van der Waals surface area contributed by atoms with Crippen molar-refractivity contribution in [3.8, 4) is 0 Å². The molecule has 0 saturated carbocycles. The molecule has 0 amide bonds. The molecule has 1 rings (SSSR count). The Bertz CT molecular complexity index is 145. The summed E-state index contributed by atoms with van der Waals surface area (Å²) in [5.74, 6) is 0.412. The molecule has 0 aromatic heterocycles. The third-order valence-electron chi connectivity index (χ3n) is 3.09. The minimum atomic E-state index is -0.190. The second kappa shape index (κ2) is 4.97. The van der Waals surface area contributed by atoms with Crippen LogP contribution < -0.4 is 0 Å². The maximum Gasteiger partial charge on any atom is 0.0583 e. The van der Waals surface area contributed by atoms with E-state index in [-0.39, 0.29) is 6.10 Å². The van der Waals surface area contributed by atoms with Crippen LogP contribution >= 0.6 is 0 Å². The Kier molecular flexibility index (Phi) is 4.20. The van der Waals surface area contributed by atoms with E-state index in [9.17, 15) is 5.11 Å². The average Bonchev–Trinajstić information content (AvgIpc) is 2.46. The summed E-state index contributed by atoms with van der Waals surface area (Å²) < 4.78 is 5.73. The van der Waals surface area contributed by atoms with Gasteiger partial charge in [0.2, 0.25) is 0 Å². The third-order valence-corrected chi connectivity index (χ3v) is 3.09. The zero-order chi connectivity index (χ0) is 9.84. The van der Waals surface area contributed by atoms with Crippen molar-refractivity contribution >= 4 is 0 Å². The van der Waals surface area contributed by atoms with E-state index in [1.54, 1.807) is 0 Å². The van der Waals surface area contributed by atoms with Crippen molar-refractivity contribution in [2.75, 3.05) is 0 Å². The summed E-state index contributed by atoms with van der Waals surface area (Å²) in [6.07, 6.45) is 5.06. The van der Waals surface area contributed by atoms with E-state index in [0.29, 0.717) is 18.1 Å². The molecule has 2 nitrogen and oxygen atoms in total. The summed E-state index contributed by atoms with van der Waals surface area (Å²) in [4.78, 5) is 0. The molecule has 4 unspecified atom stereocenters. The molecule has 1 aliphatic rings. The van der Waals surface area contributed by atoms with Gasteiger partial charge in [0.05, 0.1) is 18.3 Å². The number of aliphatic hydroxyl groups is 1. The number of rotatable bonds is 4. The summed E-state index contributed by atoms with van der Waals surface area (Å²) >= 11 is 0. The fourth-order valence-electron chi connectivity index (χ4n) is 2.10. The molecule has 1 heterocycles. The van der Waals surface area contributed by atoms with Gasteiger partial charge in [-0.25, -0.2) is 0 Å². The molecule has 13 heavy (non-hydrogen) atoms. The predicted molar refractivity (Wildman–Crippen MR) is 53.6 cm³/mol. The third kappa shape index (κ3) is 3.28. The molecule has 0 aromatic rings. The molecule has 2 heteroatoms. The molecule has 4 atom stereocenters. The predicted octanol–water partition coefficient (Wildman–Crippen LogP) is 2.35. The van der Waals surface area contributed by atoms with Crippen LogP contribution in [0, 0.1) is 5.92 Å². The Morgan fingerprint density at radius 2 is 2.15 bits per heavy atom. The van der Waals surface area contributed by atoms with Crippen LogP contribution in [0.25, 0.3) is 0 Å². The molecular weight excluding hydrogens is 164 g/mol. The van der Waals surface area contributed by atoms with Gasteiger partial charge < -0.3 is 9.84 Å². The second-order valence-corrected chi connectivity index (χ2v) is 4.29. The maximum atomic E-state index is 9.48. The normalized spacial score (nSPS) is 33.2. The topological polar surface area (TPSA) is 29.5 Å². The highest BCUT2D eigenvalue weighted by Crippen LogP contribution is 2.27. The van der Waals surface area contributed by atoms with Crippen LogP contribution in [0.2, 0.25) is 0 Å². The minimum absolute atomic E-state index is 0.190. The van der Waals surface area contributed by atoms with Gasteiger partial charge in [0.15, 0.2) is 0 Å². The number of hydrogen-bond donors (Lipinski definition) is 1. The molecule has 1 aliphatic heterocycles. The molecule has 78 valence electrons. The molecule has 0 radical (unpaired) electrons. The summed E-state index contributed by atoms with van der Waals surface area (Å²) in [5.41, 5.74) is 0. The summed E-state index contributed by atoms with van der Waals surface area (Å²) in [5, 5.41) is 9.48. The monoisotopic (exact) mass is 186 g/mol. The smallest absolute Gasteiger partial charge is 0.0583 e. The highest BCUT2D eigenvalue weighted by Gasteiger charge is 2.25. The number of aliphatic hydroxyl groups excluding tert-OH is 1. The Balaban J connectivity index is 2.30.